The molecule has 1 amide bonds. The van der Waals surface area contributed by atoms with Gasteiger partial charge in [0.25, 0.3) is 5.91 Å². The van der Waals surface area contributed by atoms with E-state index in [1.165, 1.54) is 50.6 Å². The van der Waals surface area contributed by atoms with E-state index in [1.54, 1.807) is 30.3 Å². The van der Waals surface area contributed by atoms with Crippen LogP contribution in [0.15, 0.2) is 66.7 Å². The number of carboxylic acid groups (broad SMARTS) is 1. The average Bonchev–Trinajstić information content (AvgIpc) is 2.92. The minimum absolute atomic E-state index is 0.00316. The van der Waals surface area contributed by atoms with Crippen LogP contribution in [0.1, 0.15) is 31.8 Å². The van der Waals surface area contributed by atoms with E-state index in [4.69, 9.17) is 18.9 Å². The summed E-state index contributed by atoms with van der Waals surface area (Å²) in [7, 11) is 2.80. The zero-order valence-electron chi connectivity index (χ0n) is 21.2. The molecule has 0 aliphatic rings. The van der Waals surface area contributed by atoms with E-state index >= 15 is 0 Å². The van der Waals surface area contributed by atoms with Gasteiger partial charge < -0.3 is 29.4 Å². The van der Waals surface area contributed by atoms with Crippen molar-refractivity contribution in [1.29, 1.82) is 0 Å². The number of benzene rings is 3. The van der Waals surface area contributed by atoms with Crippen molar-refractivity contribution in [2.75, 3.05) is 19.5 Å². The summed E-state index contributed by atoms with van der Waals surface area (Å²) in [5, 5.41) is 12.4. The molecule has 38 heavy (non-hydrogen) atoms. The van der Waals surface area contributed by atoms with Gasteiger partial charge in [-0.15, -0.1) is 0 Å². The number of rotatable bonds is 10. The van der Waals surface area contributed by atoms with Gasteiger partial charge in [0.05, 0.1) is 25.3 Å². The Labute approximate surface area is 219 Å². The van der Waals surface area contributed by atoms with Crippen molar-refractivity contribution in [2.45, 2.75) is 26.1 Å². The van der Waals surface area contributed by atoms with Crippen LogP contribution in [0.5, 0.6) is 11.5 Å². The van der Waals surface area contributed by atoms with Gasteiger partial charge in [0.15, 0.2) is 0 Å². The number of carboxylic acids is 1. The molecule has 2 N–H and O–H groups in total. The summed E-state index contributed by atoms with van der Waals surface area (Å²) < 4.78 is 20.7. The monoisotopic (exact) mass is 521 g/mol. The fourth-order valence-corrected chi connectivity index (χ4v) is 3.39. The number of carbonyl (C=O) groups is 4. The van der Waals surface area contributed by atoms with Crippen LogP contribution < -0.4 is 14.8 Å². The minimum Gasteiger partial charge on any atom is -0.497 e. The molecule has 3 aromatic rings. The maximum Gasteiger partial charge on any atom is 0.349 e. The maximum atomic E-state index is 13.3. The zero-order chi connectivity index (χ0) is 27.8. The first-order valence-corrected chi connectivity index (χ1v) is 11.4. The first-order chi connectivity index (χ1) is 18.1. The summed E-state index contributed by atoms with van der Waals surface area (Å²) in [6, 6.07) is 16.8. The van der Waals surface area contributed by atoms with Gasteiger partial charge in [-0.05, 0) is 73.5 Å². The third-order valence-electron chi connectivity index (χ3n) is 5.63. The molecular weight excluding hydrogens is 494 g/mol. The van der Waals surface area contributed by atoms with Crippen molar-refractivity contribution in [3.8, 4) is 11.5 Å². The molecule has 0 fully saturated rings. The lowest BCUT2D eigenvalue weighted by molar-refractivity contribution is -0.157. The Morgan fingerprint density at radius 1 is 0.711 bits per heavy atom. The van der Waals surface area contributed by atoms with Crippen molar-refractivity contribution in [2.24, 2.45) is 0 Å². The summed E-state index contributed by atoms with van der Waals surface area (Å²) in [4.78, 5) is 51.2. The Hall–Kier alpha value is -4.86. The number of methoxy groups -OCH3 is 2. The Morgan fingerprint density at radius 2 is 1.24 bits per heavy atom. The van der Waals surface area contributed by atoms with Gasteiger partial charge >= 0.3 is 17.9 Å². The lowest BCUT2D eigenvalue weighted by Crippen LogP contribution is -2.48. The summed E-state index contributed by atoms with van der Waals surface area (Å²) >= 11 is 0. The van der Waals surface area contributed by atoms with Crippen LogP contribution in [0.2, 0.25) is 0 Å². The third-order valence-corrected chi connectivity index (χ3v) is 5.63. The van der Waals surface area contributed by atoms with Crippen molar-refractivity contribution >= 4 is 29.5 Å². The van der Waals surface area contributed by atoms with E-state index < -0.39 is 36.0 Å². The van der Waals surface area contributed by atoms with E-state index in [0.29, 0.717) is 17.2 Å². The predicted molar refractivity (Wildman–Crippen MR) is 137 cm³/mol. The molecule has 10 nitrogen and oxygen atoms in total. The van der Waals surface area contributed by atoms with Crippen LogP contribution in [-0.2, 0) is 19.1 Å². The minimum atomic E-state index is -2.17. The highest BCUT2D eigenvalue weighted by Crippen LogP contribution is 2.20. The van der Waals surface area contributed by atoms with Gasteiger partial charge in [0, 0.05) is 5.69 Å². The molecule has 2 atom stereocenters. The average molecular weight is 522 g/mol. The lowest BCUT2D eigenvalue weighted by atomic mass is 10.1. The Bertz CT molecular complexity index is 1350. The molecule has 198 valence electrons. The lowest BCUT2D eigenvalue weighted by Gasteiger charge is -2.24. The molecule has 3 rings (SSSR count). The normalized spacial score (nSPS) is 12.0. The first kappa shape index (κ1) is 27.7. The van der Waals surface area contributed by atoms with Gasteiger partial charge in [-0.25, -0.2) is 14.4 Å². The van der Waals surface area contributed by atoms with Crippen LogP contribution in [0.25, 0.3) is 0 Å². The van der Waals surface area contributed by atoms with E-state index in [9.17, 15) is 24.3 Å². The molecular formula is C28H27NO9. The van der Waals surface area contributed by atoms with Gasteiger partial charge in [-0.3, -0.25) is 4.79 Å². The van der Waals surface area contributed by atoms with Crippen molar-refractivity contribution in [3.05, 3.63) is 89.0 Å². The first-order valence-electron chi connectivity index (χ1n) is 11.4. The highest BCUT2D eigenvalue weighted by molar-refractivity contribution is 6.01. The molecule has 0 aromatic heterocycles. The Kier molecular flexibility index (Phi) is 9.04. The van der Waals surface area contributed by atoms with Crippen LogP contribution in [-0.4, -0.2) is 55.3 Å². The predicted octanol–water partition coefficient (Wildman–Crippen LogP) is 3.79. The molecule has 0 aliphatic heterocycles. The molecule has 0 aliphatic carbocycles. The highest BCUT2D eigenvalue weighted by atomic mass is 16.6. The van der Waals surface area contributed by atoms with Crippen LogP contribution in [0, 0.1) is 13.8 Å². The molecule has 0 unspecified atom stereocenters. The van der Waals surface area contributed by atoms with Gasteiger partial charge in [-0.2, -0.15) is 0 Å². The summed E-state index contributed by atoms with van der Waals surface area (Å²) in [5.74, 6) is -4.10. The van der Waals surface area contributed by atoms with E-state index in [1.807, 2.05) is 13.8 Å². The number of anilines is 1. The van der Waals surface area contributed by atoms with Crippen LogP contribution in [0.3, 0.4) is 0 Å². The number of nitrogens with one attached hydrogen (secondary N) is 1. The van der Waals surface area contributed by atoms with Crippen LogP contribution >= 0.6 is 0 Å². The third kappa shape index (κ3) is 6.88. The van der Waals surface area contributed by atoms with E-state index in [-0.39, 0.29) is 11.1 Å². The molecule has 0 heterocycles. The highest BCUT2D eigenvalue weighted by Gasteiger charge is 2.41. The fourth-order valence-electron chi connectivity index (χ4n) is 3.39. The van der Waals surface area contributed by atoms with Crippen molar-refractivity contribution in [1.82, 2.24) is 0 Å². The number of hydrogen-bond donors (Lipinski definition) is 2. The zero-order valence-corrected chi connectivity index (χ0v) is 21.2. The fraction of sp³-hybridized carbons (Fsp3) is 0.214. The second-order valence-corrected chi connectivity index (χ2v) is 8.24. The van der Waals surface area contributed by atoms with Crippen molar-refractivity contribution in [3.63, 3.8) is 0 Å². The molecule has 10 heteroatoms. The summed E-state index contributed by atoms with van der Waals surface area (Å²) in [6.45, 7) is 3.72. The Morgan fingerprint density at radius 3 is 1.71 bits per heavy atom. The van der Waals surface area contributed by atoms with E-state index in [0.717, 1.165) is 11.1 Å². The molecule has 0 radical (unpaired) electrons. The number of aliphatic carboxylic acids is 1. The molecule has 0 saturated heterocycles. The van der Waals surface area contributed by atoms with Gasteiger partial charge in [-0.1, -0.05) is 18.2 Å². The maximum absolute atomic E-state index is 13.3. The second kappa shape index (κ2) is 12.4. The van der Waals surface area contributed by atoms with Gasteiger partial charge in [0.2, 0.25) is 12.2 Å². The van der Waals surface area contributed by atoms with E-state index in [2.05, 4.69) is 5.32 Å². The SMILES string of the molecule is COc1cccc(C(=O)O[C@H](C(=O)O)[C@@H](OC(=O)c2cccc(OC)c2)C(=O)Nc2ccc(C)c(C)c2)c1. The number of hydrogen-bond acceptors (Lipinski definition) is 8. The number of aryl methyl sites for hydroxylation is 2. The number of ether oxygens (including phenoxy) is 4. The number of amides is 1. The molecule has 0 bridgehead atoms. The number of carbonyl (C=O) groups excluding carboxylic acids is 3. The Balaban J connectivity index is 1.94. The summed E-state index contributed by atoms with van der Waals surface area (Å²) in [6.07, 6.45) is -4.21. The largest absolute Gasteiger partial charge is 0.497 e. The quantitative estimate of drug-likeness (QED) is 0.382. The molecule has 0 spiro atoms. The molecule has 0 saturated carbocycles. The van der Waals surface area contributed by atoms with Crippen LogP contribution in [0.4, 0.5) is 5.69 Å². The van der Waals surface area contributed by atoms with Gasteiger partial charge in [0.1, 0.15) is 11.5 Å². The second-order valence-electron chi connectivity index (χ2n) is 8.24. The smallest absolute Gasteiger partial charge is 0.349 e. The molecule has 3 aromatic carbocycles. The topological polar surface area (TPSA) is 137 Å². The summed E-state index contributed by atoms with van der Waals surface area (Å²) in [5.41, 5.74) is 2.15. The van der Waals surface area contributed by atoms with Crippen molar-refractivity contribution < 1.29 is 43.2 Å². The standard InChI is InChI=1S/C28H27NO9/c1-16-11-12-20(13-17(16)2)29-25(30)23(37-27(33)18-7-5-9-21(14-18)35-3)24(26(31)32)38-28(34)19-8-6-10-22(15-19)36-4/h5-15,23-24H,1-4H3,(H,29,30)(H,31,32)/t23-,24+/m1/s1. The number of esters is 2.